The first-order valence-corrected chi connectivity index (χ1v) is 10.2. The Kier molecular flexibility index (Phi) is 5.77. The van der Waals surface area contributed by atoms with E-state index in [1.165, 1.54) is 16.8 Å². The molecule has 0 unspecified atom stereocenters. The third kappa shape index (κ3) is 4.25. The maximum absolute atomic E-state index is 13.2. The number of nitrogens with zero attached hydrogens (tertiary/aromatic N) is 4. The number of aromatic nitrogens is 2. The highest BCUT2D eigenvalue weighted by Crippen LogP contribution is 2.33. The number of fused-ring (bicyclic) bond motifs is 1. The van der Waals surface area contributed by atoms with Crippen molar-refractivity contribution in [2.45, 2.75) is 19.8 Å². The molecule has 2 heterocycles. The van der Waals surface area contributed by atoms with Crippen LogP contribution in [0.25, 0.3) is 10.8 Å². The Morgan fingerprint density at radius 2 is 1.62 bits per heavy atom. The predicted molar refractivity (Wildman–Crippen MR) is 113 cm³/mol. The zero-order chi connectivity index (χ0) is 22.9. The zero-order valence-electron chi connectivity index (χ0n) is 17.3. The van der Waals surface area contributed by atoms with Crippen LogP contribution in [-0.2, 0) is 6.54 Å². The molecule has 0 aliphatic carbocycles. The Bertz CT molecular complexity index is 1200. The van der Waals surface area contributed by atoms with Gasteiger partial charge in [0.2, 0.25) is 0 Å². The minimum atomic E-state index is -4.79. The van der Waals surface area contributed by atoms with Crippen LogP contribution in [0.4, 0.5) is 18.9 Å². The molecular weight excluding hydrogens is 425 g/mol. The van der Waals surface area contributed by atoms with Crippen LogP contribution in [0, 0.1) is 0 Å². The Morgan fingerprint density at radius 3 is 2.28 bits per heavy atom. The number of piperazine rings is 1. The van der Waals surface area contributed by atoms with Crippen LogP contribution < -0.4 is 15.2 Å². The molecule has 168 valence electrons. The van der Waals surface area contributed by atoms with Crippen LogP contribution in [0.15, 0.2) is 53.3 Å². The van der Waals surface area contributed by atoms with Crippen LogP contribution in [0.5, 0.6) is 5.75 Å². The Labute approximate surface area is 181 Å². The smallest absolute Gasteiger partial charge is 0.404 e. The molecule has 0 N–H and O–H groups in total. The molecule has 32 heavy (non-hydrogen) atoms. The average molecular weight is 446 g/mol. The molecule has 1 aliphatic rings. The lowest BCUT2D eigenvalue weighted by atomic mass is 10.1. The molecule has 1 aromatic heterocycles. The number of hydrogen-bond acceptors (Lipinski definition) is 5. The summed E-state index contributed by atoms with van der Waals surface area (Å²) < 4.78 is 43.6. The van der Waals surface area contributed by atoms with Crippen LogP contribution in [0.1, 0.15) is 17.4 Å². The number of halogens is 3. The normalized spacial score (nSPS) is 14.6. The van der Waals surface area contributed by atoms with Crippen molar-refractivity contribution in [3.63, 3.8) is 0 Å². The topological polar surface area (TPSA) is 67.7 Å². The number of rotatable bonds is 4. The second-order valence-electron chi connectivity index (χ2n) is 7.31. The molecule has 4 rings (SSSR count). The second-order valence-corrected chi connectivity index (χ2v) is 7.31. The minimum Gasteiger partial charge on any atom is -0.404 e. The second kappa shape index (κ2) is 8.52. The summed E-state index contributed by atoms with van der Waals surface area (Å²) in [5, 5.41) is 5.19. The van der Waals surface area contributed by atoms with E-state index in [-0.39, 0.29) is 22.9 Å². The minimum absolute atomic E-state index is 0.191. The maximum Gasteiger partial charge on any atom is 0.573 e. The number of hydrogen-bond donors (Lipinski definition) is 0. The third-order valence-corrected chi connectivity index (χ3v) is 5.37. The van der Waals surface area contributed by atoms with Crippen molar-refractivity contribution < 1.29 is 22.7 Å². The fourth-order valence-electron chi connectivity index (χ4n) is 3.84. The average Bonchev–Trinajstić information content (AvgIpc) is 2.79. The van der Waals surface area contributed by atoms with Crippen LogP contribution in [0.2, 0.25) is 0 Å². The number of ether oxygens (including phenoxy) is 1. The lowest BCUT2D eigenvalue weighted by Gasteiger charge is -2.36. The number of benzene rings is 2. The molecule has 1 amide bonds. The van der Waals surface area contributed by atoms with E-state index in [1.807, 2.05) is 0 Å². The van der Waals surface area contributed by atoms with Crippen molar-refractivity contribution in [3.8, 4) is 5.75 Å². The van der Waals surface area contributed by atoms with Gasteiger partial charge < -0.3 is 14.5 Å². The summed E-state index contributed by atoms with van der Waals surface area (Å²) in [5.74, 6) is -0.592. The first kappa shape index (κ1) is 21.7. The van der Waals surface area contributed by atoms with Gasteiger partial charge in [-0.25, -0.2) is 4.68 Å². The highest BCUT2D eigenvalue weighted by atomic mass is 19.4. The van der Waals surface area contributed by atoms with E-state index in [9.17, 15) is 22.8 Å². The molecule has 7 nitrogen and oxygen atoms in total. The fraction of sp³-hybridized carbons (Fsp3) is 0.318. The van der Waals surface area contributed by atoms with E-state index in [0.717, 1.165) is 0 Å². The monoisotopic (exact) mass is 446 g/mol. The van der Waals surface area contributed by atoms with Crippen molar-refractivity contribution in [2.75, 3.05) is 31.1 Å². The van der Waals surface area contributed by atoms with Crippen LogP contribution >= 0.6 is 0 Å². The van der Waals surface area contributed by atoms with E-state index < -0.39 is 6.36 Å². The van der Waals surface area contributed by atoms with Gasteiger partial charge in [0.1, 0.15) is 0 Å². The van der Waals surface area contributed by atoms with Gasteiger partial charge in [-0.05, 0) is 25.1 Å². The Morgan fingerprint density at radius 1 is 1.00 bits per heavy atom. The molecule has 1 fully saturated rings. The summed E-state index contributed by atoms with van der Waals surface area (Å²) in [7, 11) is 0. The molecule has 1 aliphatic heterocycles. The lowest BCUT2D eigenvalue weighted by Crippen LogP contribution is -2.49. The molecule has 0 spiro atoms. The number of carbonyl (C=O) groups is 1. The Balaban J connectivity index is 1.56. The lowest BCUT2D eigenvalue weighted by molar-refractivity contribution is -0.274. The van der Waals surface area contributed by atoms with E-state index in [0.29, 0.717) is 49.2 Å². The van der Waals surface area contributed by atoms with E-state index in [2.05, 4.69) is 9.84 Å². The molecule has 0 radical (unpaired) electrons. The van der Waals surface area contributed by atoms with Crippen molar-refractivity contribution >= 4 is 22.4 Å². The van der Waals surface area contributed by atoms with Gasteiger partial charge in [-0.3, -0.25) is 9.59 Å². The molecule has 1 saturated heterocycles. The molecule has 3 aromatic rings. The SMILES string of the molecule is CCn1nc(C(=O)N2CCN(c3ccccc3OC(F)(F)F)CC2)c2ccccc2c1=O. The van der Waals surface area contributed by atoms with Gasteiger partial charge in [-0.15, -0.1) is 13.2 Å². The highest BCUT2D eigenvalue weighted by Gasteiger charge is 2.33. The van der Waals surface area contributed by atoms with Crippen LogP contribution in [-0.4, -0.2) is 53.1 Å². The quantitative estimate of drug-likeness (QED) is 0.616. The van der Waals surface area contributed by atoms with Gasteiger partial charge >= 0.3 is 6.36 Å². The van der Waals surface area contributed by atoms with Gasteiger partial charge in [0.05, 0.1) is 11.1 Å². The maximum atomic E-state index is 13.2. The van der Waals surface area contributed by atoms with Gasteiger partial charge in [0, 0.05) is 38.1 Å². The molecule has 0 atom stereocenters. The highest BCUT2D eigenvalue weighted by molar-refractivity contribution is 6.04. The molecule has 10 heteroatoms. The number of alkyl halides is 3. The fourth-order valence-corrected chi connectivity index (χ4v) is 3.84. The van der Waals surface area contributed by atoms with E-state index in [1.54, 1.807) is 53.1 Å². The molecule has 0 saturated carbocycles. The summed E-state index contributed by atoms with van der Waals surface area (Å²) in [4.78, 5) is 29.1. The first-order chi connectivity index (χ1) is 15.3. The van der Waals surface area contributed by atoms with Crippen molar-refractivity contribution in [1.29, 1.82) is 0 Å². The zero-order valence-corrected chi connectivity index (χ0v) is 17.3. The number of amides is 1. The van der Waals surface area contributed by atoms with Gasteiger partial charge in [0.25, 0.3) is 11.5 Å². The summed E-state index contributed by atoms with van der Waals surface area (Å²) in [5.41, 5.74) is 0.252. The Hall–Kier alpha value is -3.56. The van der Waals surface area contributed by atoms with Gasteiger partial charge in [-0.1, -0.05) is 30.3 Å². The van der Waals surface area contributed by atoms with Crippen molar-refractivity contribution in [3.05, 3.63) is 64.6 Å². The first-order valence-electron chi connectivity index (χ1n) is 10.2. The number of anilines is 1. The number of carbonyl (C=O) groups excluding carboxylic acids is 1. The van der Waals surface area contributed by atoms with Crippen molar-refractivity contribution in [2.24, 2.45) is 0 Å². The molecular formula is C22H21F3N4O3. The largest absolute Gasteiger partial charge is 0.573 e. The van der Waals surface area contributed by atoms with Crippen LogP contribution in [0.3, 0.4) is 0 Å². The molecule has 0 bridgehead atoms. The van der Waals surface area contributed by atoms with Gasteiger partial charge in [-0.2, -0.15) is 5.10 Å². The summed E-state index contributed by atoms with van der Waals surface area (Å²) in [6.07, 6.45) is -4.79. The van der Waals surface area contributed by atoms with E-state index in [4.69, 9.17) is 0 Å². The summed E-state index contributed by atoms with van der Waals surface area (Å²) in [6.45, 7) is 3.34. The van der Waals surface area contributed by atoms with E-state index >= 15 is 0 Å². The number of para-hydroxylation sites is 2. The predicted octanol–water partition coefficient (Wildman–Crippen LogP) is 3.28. The molecule has 2 aromatic carbocycles. The third-order valence-electron chi connectivity index (χ3n) is 5.37. The van der Waals surface area contributed by atoms with Crippen molar-refractivity contribution in [1.82, 2.24) is 14.7 Å². The number of aryl methyl sites for hydroxylation is 1. The van der Waals surface area contributed by atoms with Gasteiger partial charge in [0.15, 0.2) is 11.4 Å². The summed E-state index contributed by atoms with van der Waals surface area (Å²) >= 11 is 0. The summed E-state index contributed by atoms with van der Waals surface area (Å²) in [6, 6.07) is 12.8. The standard InChI is InChI=1S/C22H21F3N4O3/c1-2-29-20(30)16-8-4-3-7-15(16)19(26-29)21(31)28-13-11-27(12-14-28)17-9-5-6-10-18(17)32-22(23,24)25/h3-10H,2,11-14H2,1H3.